The predicted octanol–water partition coefficient (Wildman–Crippen LogP) is 0.765. The molecule has 0 N–H and O–H groups in total. The summed E-state index contributed by atoms with van der Waals surface area (Å²) in [4.78, 5) is 15.1. The highest BCUT2D eigenvalue weighted by atomic mass is 16.1. The summed E-state index contributed by atoms with van der Waals surface area (Å²) in [5.41, 5.74) is 0.572. The molecule has 0 fully saturated rings. The number of ketones is 1. The highest BCUT2D eigenvalue weighted by molar-refractivity contribution is 6.09. The fraction of sp³-hybridized carbons (Fsp3) is 0.143. The maximum absolute atomic E-state index is 11.1. The van der Waals surface area contributed by atoms with Crippen molar-refractivity contribution in [3.63, 3.8) is 0 Å². The van der Waals surface area contributed by atoms with Crippen molar-refractivity contribution in [1.29, 1.82) is 0 Å². The molecule has 54 valence electrons. The largest absolute Gasteiger partial charge is 0.294 e. The fourth-order valence-electron chi connectivity index (χ4n) is 0.962. The number of rotatable bonds is 0. The zero-order valence-electron chi connectivity index (χ0n) is 5.69. The summed E-state index contributed by atoms with van der Waals surface area (Å²) in [5, 5.41) is 7.32. The molecule has 0 saturated heterocycles. The predicted molar refractivity (Wildman–Crippen MR) is 39.1 cm³/mol. The standard InChI is InChI=1S/C7H5N3O/c11-6-2-3-8-7-5(6)1-4-9-10-7/h1,3-4H,2H2. The summed E-state index contributed by atoms with van der Waals surface area (Å²) in [7, 11) is 0. The molecule has 1 aliphatic heterocycles. The Bertz CT molecular complexity index is 332. The monoisotopic (exact) mass is 147 g/mol. The lowest BCUT2D eigenvalue weighted by atomic mass is 10.1. The van der Waals surface area contributed by atoms with Crippen molar-refractivity contribution >= 4 is 17.8 Å². The van der Waals surface area contributed by atoms with Gasteiger partial charge in [0.15, 0.2) is 11.6 Å². The molecule has 0 saturated carbocycles. The van der Waals surface area contributed by atoms with Gasteiger partial charge in [-0.3, -0.25) is 4.79 Å². The summed E-state index contributed by atoms with van der Waals surface area (Å²) in [6, 6.07) is 1.64. The smallest absolute Gasteiger partial charge is 0.185 e. The molecule has 11 heavy (non-hydrogen) atoms. The van der Waals surface area contributed by atoms with Gasteiger partial charge in [0.25, 0.3) is 0 Å². The second-order valence-corrected chi connectivity index (χ2v) is 2.21. The van der Waals surface area contributed by atoms with Crippen molar-refractivity contribution in [3.05, 3.63) is 17.8 Å². The van der Waals surface area contributed by atoms with Gasteiger partial charge in [0.05, 0.1) is 11.8 Å². The van der Waals surface area contributed by atoms with Gasteiger partial charge in [0.1, 0.15) is 0 Å². The van der Waals surface area contributed by atoms with Crippen LogP contribution in [0.1, 0.15) is 16.8 Å². The maximum atomic E-state index is 11.1. The Morgan fingerprint density at radius 1 is 1.45 bits per heavy atom. The van der Waals surface area contributed by atoms with E-state index < -0.39 is 0 Å². The topological polar surface area (TPSA) is 55.2 Å². The molecule has 0 radical (unpaired) electrons. The first-order valence-corrected chi connectivity index (χ1v) is 3.25. The lowest BCUT2D eigenvalue weighted by Crippen LogP contribution is -2.05. The molecule has 0 unspecified atom stereocenters. The molecule has 1 aliphatic rings. The summed E-state index contributed by atoms with van der Waals surface area (Å²) in [6.45, 7) is 0. The van der Waals surface area contributed by atoms with E-state index in [1.165, 1.54) is 6.20 Å². The van der Waals surface area contributed by atoms with Crippen LogP contribution in [-0.2, 0) is 0 Å². The third-order valence-electron chi connectivity index (χ3n) is 1.49. The lowest BCUT2D eigenvalue weighted by Gasteiger charge is -2.03. The molecule has 4 nitrogen and oxygen atoms in total. The first-order valence-electron chi connectivity index (χ1n) is 3.25. The van der Waals surface area contributed by atoms with Crippen molar-refractivity contribution in [3.8, 4) is 0 Å². The quantitative estimate of drug-likeness (QED) is 0.544. The fourth-order valence-corrected chi connectivity index (χ4v) is 0.962. The van der Waals surface area contributed by atoms with E-state index >= 15 is 0 Å². The Morgan fingerprint density at radius 2 is 2.36 bits per heavy atom. The van der Waals surface area contributed by atoms with E-state index in [-0.39, 0.29) is 5.78 Å². The molecular weight excluding hydrogens is 142 g/mol. The van der Waals surface area contributed by atoms with Crippen LogP contribution in [0.15, 0.2) is 17.3 Å². The van der Waals surface area contributed by atoms with Crippen molar-refractivity contribution < 1.29 is 4.79 Å². The van der Waals surface area contributed by atoms with Crippen LogP contribution in [0.5, 0.6) is 0 Å². The van der Waals surface area contributed by atoms with Gasteiger partial charge in [-0.2, -0.15) is 5.10 Å². The van der Waals surface area contributed by atoms with Gasteiger partial charge in [-0.15, -0.1) is 5.10 Å². The minimum absolute atomic E-state index is 0.0601. The molecular formula is C7H5N3O. The van der Waals surface area contributed by atoms with Crippen LogP contribution in [0.3, 0.4) is 0 Å². The van der Waals surface area contributed by atoms with Crippen molar-refractivity contribution in [2.24, 2.45) is 4.99 Å². The van der Waals surface area contributed by atoms with Crippen molar-refractivity contribution in [1.82, 2.24) is 10.2 Å². The number of aromatic nitrogens is 2. The van der Waals surface area contributed by atoms with Crippen LogP contribution >= 0.6 is 0 Å². The van der Waals surface area contributed by atoms with E-state index in [0.29, 0.717) is 17.8 Å². The van der Waals surface area contributed by atoms with Crippen LogP contribution in [0, 0.1) is 0 Å². The number of hydrogen-bond acceptors (Lipinski definition) is 4. The Morgan fingerprint density at radius 3 is 3.18 bits per heavy atom. The van der Waals surface area contributed by atoms with Gasteiger partial charge < -0.3 is 0 Å². The van der Waals surface area contributed by atoms with Gasteiger partial charge in [0, 0.05) is 12.6 Å². The number of Topliss-reactive ketones (excluding diaryl/α,β-unsaturated/α-hetero) is 1. The third kappa shape index (κ3) is 0.920. The van der Waals surface area contributed by atoms with E-state index in [2.05, 4.69) is 15.2 Å². The van der Waals surface area contributed by atoms with Crippen molar-refractivity contribution in [2.75, 3.05) is 0 Å². The Hall–Kier alpha value is -1.58. The second kappa shape index (κ2) is 2.23. The highest BCUT2D eigenvalue weighted by Crippen LogP contribution is 2.18. The molecule has 0 aliphatic carbocycles. The SMILES string of the molecule is O=C1CC=Nc2nnccc21. The minimum Gasteiger partial charge on any atom is -0.294 e. The van der Waals surface area contributed by atoms with Gasteiger partial charge in [-0.1, -0.05) is 0 Å². The van der Waals surface area contributed by atoms with Crippen LogP contribution < -0.4 is 0 Å². The maximum Gasteiger partial charge on any atom is 0.185 e. The van der Waals surface area contributed by atoms with E-state index in [0.717, 1.165) is 0 Å². The van der Waals surface area contributed by atoms with Crippen molar-refractivity contribution in [2.45, 2.75) is 6.42 Å². The first-order chi connectivity index (χ1) is 5.38. The average molecular weight is 147 g/mol. The normalized spacial score (nSPS) is 14.7. The van der Waals surface area contributed by atoms with E-state index in [1.54, 1.807) is 12.3 Å². The molecule has 0 atom stereocenters. The van der Waals surface area contributed by atoms with E-state index in [9.17, 15) is 4.79 Å². The van der Waals surface area contributed by atoms with Gasteiger partial charge >= 0.3 is 0 Å². The Labute approximate surface area is 63.0 Å². The lowest BCUT2D eigenvalue weighted by molar-refractivity contribution is 0.100. The molecule has 0 bridgehead atoms. The van der Waals surface area contributed by atoms with E-state index in [1.807, 2.05) is 0 Å². The second-order valence-electron chi connectivity index (χ2n) is 2.21. The molecule has 0 amide bonds. The third-order valence-corrected chi connectivity index (χ3v) is 1.49. The highest BCUT2D eigenvalue weighted by Gasteiger charge is 2.14. The minimum atomic E-state index is 0.0601. The van der Waals surface area contributed by atoms with Crippen LogP contribution in [0.2, 0.25) is 0 Å². The molecule has 0 aromatic carbocycles. The summed E-state index contributed by atoms with van der Waals surface area (Å²) in [6.07, 6.45) is 3.43. The molecule has 2 rings (SSSR count). The zero-order valence-corrected chi connectivity index (χ0v) is 5.69. The molecule has 2 heterocycles. The summed E-state index contributed by atoms with van der Waals surface area (Å²) >= 11 is 0. The van der Waals surface area contributed by atoms with Crippen LogP contribution in [-0.4, -0.2) is 22.2 Å². The van der Waals surface area contributed by atoms with Crippen LogP contribution in [0.4, 0.5) is 5.82 Å². The number of carbonyl (C=O) groups is 1. The summed E-state index contributed by atoms with van der Waals surface area (Å²) in [5.74, 6) is 0.494. The Kier molecular flexibility index (Phi) is 1.25. The Balaban J connectivity index is 2.63. The molecule has 1 aromatic heterocycles. The van der Waals surface area contributed by atoms with Crippen LogP contribution in [0.25, 0.3) is 0 Å². The van der Waals surface area contributed by atoms with Gasteiger partial charge in [-0.25, -0.2) is 4.99 Å². The number of nitrogens with zero attached hydrogens (tertiary/aromatic N) is 3. The van der Waals surface area contributed by atoms with Gasteiger partial charge in [-0.05, 0) is 6.07 Å². The average Bonchev–Trinajstić information content (AvgIpc) is 2.06. The molecule has 0 spiro atoms. The number of aliphatic imine (C=N–C) groups is 1. The van der Waals surface area contributed by atoms with E-state index in [4.69, 9.17) is 0 Å². The molecule has 1 aromatic rings. The first kappa shape index (κ1) is 6.15. The summed E-state index contributed by atoms with van der Waals surface area (Å²) < 4.78 is 0. The number of hydrogen-bond donors (Lipinski definition) is 0. The zero-order chi connectivity index (χ0) is 7.68. The number of carbonyl (C=O) groups excluding carboxylic acids is 1. The van der Waals surface area contributed by atoms with Gasteiger partial charge in [0.2, 0.25) is 0 Å². The molecule has 4 heteroatoms. The number of fused-ring (bicyclic) bond motifs is 1.